The first kappa shape index (κ1) is 8.91. The summed E-state index contributed by atoms with van der Waals surface area (Å²) in [6.45, 7) is 0.742. The highest BCUT2D eigenvalue weighted by Gasteiger charge is 2.17. The SMILES string of the molecule is CSc1ccc2c(c1)OCCC2N. The first-order valence-corrected chi connectivity index (χ1v) is 5.60. The summed E-state index contributed by atoms with van der Waals surface area (Å²) in [5.41, 5.74) is 7.09. The largest absolute Gasteiger partial charge is 0.493 e. The molecule has 1 aliphatic rings. The van der Waals surface area contributed by atoms with Gasteiger partial charge in [-0.3, -0.25) is 0 Å². The van der Waals surface area contributed by atoms with Crippen molar-refractivity contribution in [3.05, 3.63) is 23.8 Å². The Kier molecular flexibility index (Phi) is 2.47. The van der Waals surface area contributed by atoms with Crippen LogP contribution in [0.4, 0.5) is 0 Å². The van der Waals surface area contributed by atoms with E-state index in [0.29, 0.717) is 0 Å². The summed E-state index contributed by atoms with van der Waals surface area (Å²) in [6.07, 6.45) is 2.98. The lowest BCUT2D eigenvalue weighted by Crippen LogP contribution is -2.20. The van der Waals surface area contributed by atoms with E-state index in [1.807, 2.05) is 0 Å². The second-order valence-corrected chi connectivity index (χ2v) is 4.03. The predicted octanol–water partition coefficient (Wildman–Crippen LogP) is 2.19. The Morgan fingerprint density at radius 2 is 2.38 bits per heavy atom. The number of thioether (sulfide) groups is 1. The van der Waals surface area contributed by atoms with E-state index >= 15 is 0 Å². The van der Waals surface area contributed by atoms with Crippen molar-refractivity contribution in [1.82, 2.24) is 0 Å². The van der Waals surface area contributed by atoms with Gasteiger partial charge in [-0.25, -0.2) is 0 Å². The number of fused-ring (bicyclic) bond motifs is 1. The van der Waals surface area contributed by atoms with Crippen LogP contribution < -0.4 is 10.5 Å². The molecule has 0 spiro atoms. The molecule has 13 heavy (non-hydrogen) atoms. The average Bonchev–Trinajstić information content (AvgIpc) is 2.18. The van der Waals surface area contributed by atoms with Crippen LogP contribution >= 0.6 is 11.8 Å². The molecule has 0 saturated carbocycles. The fourth-order valence-electron chi connectivity index (χ4n) is 1.52. The molecule has 1 aromatic carbocycles. The van der Waals surface area contributed by atoms with Crippen LogP contribution in [0.5, 0.6) is 5.75 Å². The van der Waals surface area contributed by atoms with Crippen molar-refractivity contribution in [2.45, 2.75) is 17.4 Å². The molecule has 1 heterocycles. The van der Waals surface area contributed by atoms with E-state index in [9.17, 15) is 0 Å². The smallest absolute Gasteiger partial charge is 0.125 e. The summed E-state index contributed by atoms with van der Waals surface area (Å²) in [4.78, 5) is 1.23. The summed E-state index contributed by atoms with van der Waals surface area (Å²) in [5.74, 6) is 0.964. The van der Waals surface area contributed by atoms with Crippen molar-refractivity contribution in [3.63, 3.8) is 0 Å². The topological polar surface area (TPSA) is 35.2 Å². The van der Waals surface area contributed by atoms with Gasteiger partial charge in [-0.05, 0) is 18.4 Å². The Morgan fingerprint density at radius 1 is 1.54 bits per heavy atom. The molecule has 0 bridgehead atoms. The van der Waals surface area contributed by atoms with Gasteiger partial charge in [-0.2, -0.15) is 0 Å². The van der Waals surface area contributed by atoms with Crippen molar-refractivity contribution >= 4 is 11.8 Å². The maximum atomic E-state index is 5.95. The van der Waals surface area contributed by atoms with Crippen molar-refractivity contribution in [2.75, 3.05) is 12.9 Å². The number of ether oxygens (including phenoxy) is 1. The Labute approximate surface area is 82.5 Å². The molecule has 2 nitrogen and oxygen atoms in total. The zero-order valence-corrected chi connectivity index (χ0v) is 8.43. The molecule has 0 fully saturated rings. The molecular formula is C10H13NOS. The number of nitrogens with two attached hydrogens (primary N) is 1. The highest BCUT2D eigenvalue weighted by molar-refractivity contribution is 7.98. The Hall–Kier alpha value is -0.670. The van der Waals surface area contributed by atoms with Crippen LogP contribution in [0.1, 0.15) is 18.0 Å². The number of rotatable bonds is 1. The van der Waals surface area contributed by atoms with Crippen LogP contribution in [0.25, 0.3) is 0 Å². The van der Waals surface area contributed by atoms with Crippen molar-refractivity contribution in [3.8, 4) is 5.75 Å². The van der Waals surface area contributed by atoms with Crippen LogP contribution in [-0.2, 0) is 0 Å². The van der Waals surface area contributed by atoms with E-state index < -0.39 is 0 Å². The standard InChI is InChI=1S/C10H13NOS/c1-13-7-2-3-8-9(11)4-5-12-10(8)6-7/h2-3,6,9H,4-5,11H2,1H3. The highest BCUT2D eigenvalue weighted by Crippen LogP contribution is 2.33. The monoisotopic (exact) mass is 195 g/mol. The van der Waals surface area contributed by atoms with Crippen molar-refractivity contribution < 1.29 is 4.74 Å². The van der Waals surface area contributed by atoms with Crippen LogP contribution in [0, 0.1) is 0 Å². The molecule has 0 aromatic heterocycles. The first-order valence-electron chi connectivity index (χ1n) is 4.37. The zero-order chi connectivity index (χ0) is 9.26. The van der Waals surface area contributed by atoms with Crippen molar-refractivity contribution in [2.24, 2.45) is 5.73 Å². The molecule has 2 N–H and O–H groups in total. The van der Waals surface area contributed by atoms with Gasteiger partial charge in [0.2, 0.25) is 0 Å². The molecule has 2 rings (SSSR count). The van der Waals surface area contributed by atoms with Crippen LogP contribution in [0.2, 0.25) is 0 Å². The Balaban J connectivity index is 2.39. The number of benzene rings is 1. The van der Waals surface area contributed by atoms with E-state index in [4.69, 9.17) is 10.5 Å². The molecule has 1 atom stereocenters. The molecule has 3 heteroatoms. The minimum Gasteiger partial charge on any atom is -0.493 e. The number of hydrogen-bond acceptors (Lipinski definition) is 3. The molecule has 0 aliphatic carbocycles. The highest BCUT2D eigenvalue weighted by atomic mass is 32.2. The van der Waals surface area contributed by atoms with Gasteiger partial charge in [-0.1, -0.05) is 6.07 Å². The zero-order valence-electron chi connectivity index (χ0n) is 7.62. The van der Waals surface area contributed by atoms with Crippen LogP contribution in [-0.4, -0.2) is 12.9 Å². The lowest BCUT2D eigenvalue weighted by atomic mass is 10.0. The minimum absolute atomic E-state index is 0.152. The summed E-state index contributed by atoms with van der Waals surface area (Å²) < 4.78 is 5.54. The van der Waals surface area contributed by atoms with Crippen LogP contribution in [0.3, 0.4) is 0 Å². The van der Waals surface area contributed by atoms with Crippen LogP contribution in [0.15, 0.2) is 23.1 Å². The normalized spacial score (nSPS) is 20.6. The van der Waals surface area contributed by atoms with E-state index in [-0.39, 0.29) is 6.04 Å². The molecule has 1 aliphatic heterocycles. The molecule has 0 radical (unpaired) electrons. The quantitative estimate of drug-likeness (QED) is 0.698. The summed E-state index contributed by atoms with van der Waals surface area (Å²) in [5, 5.41) is 0. The van der Waals surface area contributed by atoms with Gasteiger partial charge >= 0.3 is 0 Å². The predicted molar refractivity (Wildman–Crippen MR) is 55.3 cm³/mol. The van der Waals surface area contributed by atoms with E-state index in [1.54, 1.807) is 11.8 Å². The van der Waals surface area contributed by atoms with Gasteiger partial charge in [0.25, 0.3) is 0 Å². The van der Waals surface area contributed by atoms with Gasteiger partial charge in [0.05, 0.1) is 6.61 Å². The summed E-state index contributed by atoms with van der Waals surface area (Å²) in [7, 11) is 0. The minimum atomic E-state index is 0.152. The third-order valence-electron chi connectivity index (χ3n) is 2.31. The Bertz CT molecular complexity index is 314. The lowest BCUT2D eigenvalue weighted by molar-refractivity contribution is 0.268. The maximum Gasteiger partial charge on any atom is 0.125 e. The second-order valence-electron chi connectivity index (χ2n) is 3.15. The molecule has 1 unspecified atom stereocenters. The maximum absolute atomic E-state index is 5.95. The fourth-order valence-corrected chi connectivity index (χ4v) is 1.95. The van der Waals surface area contributed by atoms with Gasteiger partial charge in [0, 0.05) is 22.9 Å². The first-order chi connectivity index (χ1) is 6.31. The Morgan fingerprint density at radius 3 is 3.15 bits per heavy atom. The molecule has 70 valence electrons. The van der Waals surface area contributed by atoms with E-state index in [1.165, 1.54) is 4.90 Å². The molecule has 0 amide bonds. The molecule has 0 saturated heterocycles. The van der Waals surface area contributed by atoms with Gasteiger partial charge in [0.15, 0.2) is 0 Å². The fraction of sp³-hybridized carbons (Fsp3) is 0.400. The van der Waals surface area contributed by atoms with Gasteiger partial charge in [0.1, 0.15) is 5.75 Å². The van der Waals surface area contributed by atoms with E-state index in [2.05, 4.69) is 24.5 Å². The van der Waals surface area contributed by atoms with Gasteiger partial charge < -0.3 is 10.5 Å². The average molecular weight is 195 g/mol. The van der Waals surface area contributed by atoms with Crippen molar-refractivity contribution in [1.29, 1.82) is 0 Å². The third kappa shape index (κ3) is 1.67. The lowest BCUT2D eigenvalue weighted by Gasteiger charge is -2.23. The summed E-state index contributed by atoms with van der Waals surface area (Å²) >= 11 is 1.72. The molecular weight excluding hydrogens is 182 g/mol. The molecule has 1 aromatic rings. The van der Waals surface area contributed by atoms with E-state index in [0.717, 1.165) is 24.3 Å². The number of hydrogen-bond donors (Lipinski definition) is 1. The second kappa shape index (κ2) is 3.60. The third-order valence-corrected chi connectivity index (χ3v) is 3.03. The summed E-state index contributed by atoms with van der Waals surface area (Å²) in [6, 6.07) is 6.39. The van der Waals surface area contributed by atoms with Gasteiger partial charge in [-0.15, -0.1) is 11.8 Å².